The van der Waals surface area contributed by atoms with Crippen LogP contribution in [-0.2, 0) is 0 Å². The molecule has 0 aliphatic carbocycles. The highest BCUT2D eigenvalue weighted by Crippen LogP contribution is 2.27. The second-order valence-electron chi connectivity index (χ2n) is 6.72. The third kappa shape index (κ3) is 3.88. The Morgan fingerprint density at radius 2 is 2.11 bits per heavy atom. The molecule has 4 rings (SSSR count). The van der Waals surface area contributed by atoms with Crippen LogP contribution in [0, 0.1) is 0 Å². The number of hydrogen-bond acceptors (Lipinski definition) is 6. The fraction of sp³-hybridized carbons (Fsp3) is 0.333. The van der Waals surface area contributed by atoms with Crippen LogP contribution in [0.1, 0.15) is 41.9 Å². The van der Waals surface area contributed by atoms with Crippen LogP contribution in [0.15, 0.2) is 53.2 Å². The number of hydrogen-bond donors (Lipinski definition) is 0. The molecule has 0 N–H and O–H groups in total. The SMILES string of the molecule is CCOc1ccc(C(=O)N2CCC[C@@H](c3noc(-c4ccccn4)n3)C2)cc1. The van der Waals surface area contributed by atoms with Crippen molar-refractivity contribution in [2.24, 2.45) is 0 Å². The summed E-state index contributed by atoms with van der Waals surface area (Å²) < 4.78 is 10.8. The summed E-state index contributed by atoms with van der Waals surface area (Å²) in [7, 11) is 0. The van der Waals surface area contributed by atoms with Crippen molar-refractivity contribution in [1.82, 2.24) is 20.0 Å². The van der Waals surface area contributed by atoms with Gasteiger partial charge in [0.15, 0.2) is 5.82 Å². The van der Waals surface area contributed by atoms with E-state index in [2.05, 4.69) is 15.1 Å². The number of amides is 1. The summed E-state index contributed by atoms with van der Waals surface area (Å²) in [6.45, 7) is 3.84. The molecule has 2 aromatic heterocycles. The molecule has 0 radical (unpaired) electrons. The predicted molar refractivity (Wildman–Crippen MR) is 103 cm³/mol. The van der Waals surface area contributed by atoms with Gasteiger partial charge in [0.1, 0.15) is 11.4 Å². The first kappa shape index (κ1) is 18.2. The predicted octanol–water partition coefficient (Wildman–Crippen LogP) is 3.55. The number of rotatable bonds is 5. The van der Waals surface area contributed by atoms with E-state index in [0.29, 0.717) is 36.1 Å². The lowest BCUT2D eigenvalue weighted by molar-refractivity contribution is 0.0703. The molecule has 1 amide bonds. The first-order chi connectivity index (χ1) is 13.7. The van der Waals surface area contributed by atoms with Gasteiger partial charge in [0.2, 0.25) is 0 Å². The zero-order chi connectivity index (χ0) is 19.3. The molecule has 1 aliphatic heterocycles. The highest BCUT2D eigenvalue weighted by molar-refractivity contribution is 5.94. The molecule has 0 saturated carbocycles. The van der Waals surface area contributed by atoms with E-state index < -0.39 is 0 Å². The highest BCUT2D eigenvalue weighted by Gasteiger charge is 2.28. The summed E-state index contributed by atoms with van der Waals surface area (Å²) in [5, 5.41) is 4.13. The summed E-state index contributed by atoms with van der Waals surface area (Å²) >= 11 is 0. The van der Waals surface area contributed by atoms with Crippen LogP contribution in [0.4, 0.5) is 0 Å². The minimum atomic E-state index is 0.0150. The monoisotopic (exact) mass is 378 g/mol. The number of benzene rings is 1. The fourth-order valence-corrected chi connectivity index (χ4v) is 3.41. The van der Waals surface area contributed by atoms with E-state index in [-0.39, 0.29) is 11.8 Å². The highest BCUT2D eigenvalue weighted by atomic mass is 16.5. The van der Waals surface area contributed by atoms with Gasteiger partial charge in [-0.25, -0.2) is 0 Å². The number of nitrogens with zero attached hydrogens (tertiary/aromatic N) is 4. The molecule has 0 unspecified atom stereocenters. The van der Waals surface area contributed by atoms with Crippen molar-refractivity contribution in [3.63, 3.8) is 0 Å². The van der Waals surface area contributed by atoms with Crippen LogP contribution < -0.4 is 4.74 Å². The van der Waals surface area contributed by atoms with Crippen LogP contribution in [0.2, 0.25) is 0 Å². The molecule has 144 valence electrons. The summed E-state index contributed by atoms with van der Waals surface area (Å²) in [5.74, 6) is 1.88. The van der Waals surface area contributed by atoms with Crippen molar-refractivity contribution < 1.29 is 14.1 Å². The van der Waals surface area contributed by atoms with Crippen molar-refractivity contribution >= 4 is 5.91 Å². The van der Waals surface area contributed by atoms with Gasteiger partial charge in [0.25, 0.3) is 11.8 Å². The van der Waals surface area contributed by atoms with Crippen LogP contribution in [0.5, 0.6) is 5.75 Å². The summed E-state index contributed by atoms with van der Waals surface area (Å²) in [4.78, 5) is 23.5. The van der Waals surface area contributed by atoms with E-state index in [0.717, 1.165) is 25.1 Å². The maximum absolute atomic E-state index is 12.9. The Balaban J connectivity index is 1.45. The van der Waals surface area contributed by atoms with E-state index in [1.54, 1.807) is 6.20 Å². The van der Waals surface area contributed by atoms with E-state index in [1.165, 1.54) is 0 Å². The average molecular weight is 378 g/mol. The largest absolute Gasteiger partial charge is 0.494 e. The summed E-state index contributed by atoms with van der Waals surface area (Å²) in [6, 6.07) is 12.8. The Kier molecular flexibility index (Phi) is 5.32. The van der Waals surface area contributed by atoms with Crippen molar-refractivity contribution in [2.75, 3.05) is 19.7 Å². The first-order valence-corrected chi connectivity index (χ1v) is 9.51. The normalized spacial score (nSPS) is 16.8. The Hall–Kier alpha value is -3.22. The van der Waals surface area contributed by atoms with Gasteiger partial charge in [-0.3, -0.25) is 9.78 Å². The van der Waals surface area contributed by atoms with Gasteiger partial charge in [0.05, 0.1) is 6.61 Å². The number of ether oxygens (including phenoxy) is 1. The molecule has 1 fully saturated rings. The van der Waals surface area contributed by atoms with Crippen molar-refractivity contribution in [1.29, 1.82) is 0 Å². The first-order valence-electron chi connectivity index (χ1n) is 9.51. The molecule has 0 bridgehead atoms. The molecule has 7 nitrogen and oxygen atoms in total. The molecule has 1 saturated heterocycles. The third-order valence-corrected chi connectivity index (χ3v) is 4.81. The maximum atomic E-state index is 12.9. The van der Waals surface area contributed by atoms with E-state index in [1.807, 2.05) is 54.3 Å². The minimum Gasteiger partial charge on any atom is -0.494 e. The van der Waals surface area contributed by atoms with Gasteiger partial charge in [0, 0.05) is 30.8 Å². The second-order valence-corrected chi connectivity index (χ2v) is 6.72. The maximum Gasteiger partial charge on any atom is 0.276 e. The number of carbonyl (C=O) groups excluding carboxylic acids is 1. The molecule has 3 aromatic rings. The van der Waals surface area contributed by atoms with Gasteiger partial charge in [-0.2, -0.15) is 4.98 Å². The quantitative estimate of drug-likeness (QED) is 0.675. The molecule has 0 spiro atoms. The Labute approximate surface area is 163 Å². The van der Waals surface area contributed by atoms with Crippen molar-refractivity contribution in [3.05, 3.63) is 60.0 Å². The molecule has 1 atom stereocenters. The molecule has 28 heavy (non-hydrogen) atoms. The van der Waals surface area contributed by atoms with Gasteiger partial charge >= 0.3 is 0 Å². The minimum absolute atomic E-state index is 0.0150. The number of likely N-dealkylation sites (tertiary alicyclic amines) is 1. The molecular weight excluding hydrogens is 356 g/mol. The molecule has 1 aromatic carbocycles. The molecule has 1 aliphatic rings. The number of pyridine rings is 1. The second kappa shape index (κ2) is 8.21. The number of piperidine rings is 1. The zero-order valence-electron chi connectivity index (χ0n) is 15.7. The van der Waals surface area contributed by atoms with Gasteiger partial charge in [-0.15, -0.1) is 0 Å². The smallest absolute Gasteiger partial charge is 0.276 e. The van der Waals surface area contributed by atoms with E-state index in [9.17, 15) is 4.79 Å². The lowest BCUT2D eigenvalue weighted by atomic mass is 9.96. The lowest BCUT2D eigenvalue weighted by Crippen LogP contribution is -2.39. The Bertz CT molecular complexity index is 924. The third-order valence-electron chi connectivity index (χ3n) is 4.81. The standard InChI is InChI=1S/C21H22N4O3/c1-2-27-17-10-8-15(9-11-17)21(26)25-13-5-6-16(14-25)19-23-20(28-24-19)18-7-3-4-12-22-18/h3-4,7-12,16H,2,5-6,13-14H2,1H3/t16-/m1/s1. The van der Waals surface area contributed by atoms with Crippen LogP contribution in [0.3, 0.4) is 0 Å². The average Bonchev–Trinajstić information content (AvgIpc) is 3.25. The summed E-state index contributed by atoms with van der Waals surface area (Å²) in [5.41, 5.74) is 1.31. The molecule has 7 heteroatoms. The Morgan fingerprint density at radius 3 is 2.86 bits per heavy atom. The van der Waals surface area contributed by atoms with E-state index >= 15 is 0 Å². The number of aromatic nitrogens is 3. The van der Waals surface area contributed by atoms with Crippen LogP contribution in [-0.4, -0.2) is 45.6 Å². The van der Waals surface area contributed by atoms with Gasteiger partial charge in [-0.05, 0) is 56.2 Å². The van der Waals surface area contributed by atoms with Crippen LogP contribution >= 0.6 is 0 Å². The topological polar surface area (TPSA) is 81.4 Å². The number of carbonyl (C=O) groups is 1. The molecule has 3 heterocycles. The van der Waals surface area contributed by atoms with Crippen LogP contribution in [0.25, 0.3) is 11.6 Å². The van der Waals surface area contributed by atoms with Gasteiger partial charge < -0.3 is 14.2 Å². The summed E-state index contributed by atoms with van der Waals surface area (Å²) in [6.07, 6.45) is 3.52. The Morgan fingerprint density at radius 1 is 1.25 bits per heavy atom. The lowest BCUT2D eigenvalue weighted by Gasteiger charge is -2.31. The van der Waals surface area contributed by atoms with E-state index in [4.69, 9.17) is 9.26 Å². The zero-order valence-corrected chi connectivity index (χ0v) is 15.7. The molecular formula is C21H22N4O3. The van der Waals surface area contributed by atoms with Gasteiger partial charge in [-0.1, -0.05) is 11.2 Å². The van der Waals surface area contributed by atoms with Crippen molar-refractivity contribution in [3.8, 4) is 17.3 Å². The van der Waals surface area contributed by atoms with Crippen molar-refractivity contribution in [2.45, 2.75) is 25.7 Å². The fourth-order valence-electron chi connectivity index (χ4n) is 3.41.